The first-order chi connectivity index (χ1) is 8.92. The minimum Gasteiger partial charge on any atom is -0.363 e. The van der Waals surface area contributed by atoms with Crippen LogP contribution in [-0.2, 0) is 16.6 Å². The van der Waals surface area contributed by atoms with E-state index in [-0.39, 0.29) is 17.1 Å². The number of nitrogens with two attached hydrogens (primary N) is 1. The Morgan fingerprint density at radius 1 is 1.37 bits per heavy atom. The zero-order chi connectivity index (χ0) is 14.0. The van der Waals surface area contributed by atoms with Gasteiger partial charge in [-0.1, -0.05) is 6.07 Å². The van der Waals surface area contributed by atoms with Crippen molar-refractivity contribution in [3.05, 3.63) is 47.5 Å². The van der Waals surface area contributed by atoms with E-state index in [2.05, 4.69) is 9.71 Å². The molecule has 0 saturated carbocycles. The summed E-state index contributed by atoms with van der Waals surface area (Å²) >= 11 is 0. The third-order valence-electron chi connectivity index (χ3n) is 2.61. The van der Waals surface area contributed by atoms with E-state index in [1.165, 1.54) is 24.4 Å². The molecule has 0 aliphatic rings. The van der Waals surface area contributed by atoms with E-state index in [1.807, 2.05) is 0 Å². The number of nitrogens with one attached hydrogen (secondary N) is 2. The van der Waals surface area contributed by atoms with Gasteiger partial charge in [-0.05, 0) is 30.7 Å². The second-order valence-electron chi connectivity index (χ2n) is 4.15. The van der Waals surface area contributed by atoms with Crippen LogP contribution in [0.5, 0.6) is 0 Å². The van der Waals surface area contributed by atoms with Crippen LogP contribution in [-0.4, -0.2) is 13.4 Å². The normalized spacial score (nSPS) is 11.5. The lowest BCUT2D eigenvalue weighted by atomic mass is 10.2. The van der Waals surface area contributed by atoms with E-state index in [9.17, 15) is 12.8 Å². The average molecular weight is 283 g/mol. The van der Waals surface area contributed by atoms with E-state index in [1.54, 1.807) is 13.0 Å². The van der Waals surface area contributed by atoms with Crippen molar-refractivity contribution in [1.29, 1.82) is 0 Å². The van der Waals surface area contributed by atoms with Crippen molar-refractivity contribution in [1.82, 2.24) is 4.98 Å². The van der Waals surface area contributed by atoms with Crippen molar-refractivity contribution in [2.45, 2.75) is 18.4 Å². The third-order valence-corrected chi connectivity index (χ3v) is 3.96. The average Bonchev–Trinajstić information content (AvgIpc) is 2.83. The first kappa shape index (κ1) is 13.6. The quantitative estimate of drug-likeness (QED) is 0.798. The predicted octanol–water partition coefficient (Wildman–Crippen LogP) is 1.72. The van der Waals surface area contributed by atoms with Gasteiger partial charge in [0.25, 0.3) is 10.0 Å². The first-order valence-electron chi connectivity index (χ1n) is 5.59. The maximum atomic E-state index is 13.5. The van der Waals surface area contributed by atoms with Crippen LogP contribution in [0.25, 0.3) is 0 Å². The van der Waals surface area contributed by atoms with Crippen molar-refractivity contribution in [3.8, 4) is 0 Å². The lowest BCUT2D eigenvalue weighted by Gasteiger charge is -2.08. The molecule has 0 unspecified atom stereocenters. The maximum Gasteiger partial charge on any atom is 0.263 e. The van der Waals surface area contributed by atoms with E-state index in [4.69, 9.17) is 5.73 Å². The highest BCUT2D eigenvalue weighted by atomic mass is 32.2. The number of hydrogen-bond donors (Lipinski definition) is 3. The van der Waals surface area contributed by atoms with Crippen molar-refractivity contribution in [2.75, 3.05) is 4.72 Å². The number of aryl methyl sites for hydroxylation is 1. The Kier molecular flexibility index (Phi) is 3.59. The molecule has 2 aromatic rings. The molecule has 2 rings (SSSR count). The summed E-state index contributed by atoms with van der Waals surface area (Å²) in [6.07, 6.45) is 1.32. The molecule has 1 aromatic heterocycles. The highest BCUT2D eigenvalue weighted by molar-refractivity contribution is 7.92. The second kappa shape index (κ2) is 5.02. The van der Waals surface area contributed by atoms with E-state index in [0.29, 0.717) is 5.69 Å². The zero-order valence-electron chi connectivity index (χ0n) is 10.3. The van der Waals surface area contributed by atoms with Gasteiger partial charge in [0.05, 0.1) is 5.69 Å². The molecule has 0 fully saturated rings. The second-order valence-corrected chi connectivity index (χ2v) is 5.84. The van der Waals surface area contributed by atoms with Gasteiger partial charge in [-0.15, -0.1) is 0 Å². The maximum absolute atomic E-state index is 13.5. The van der Waals surface area contributed by atoms with Crippen molar-refractivity contribution in [2.24, 2.45) is 5.73 Å². The number of rotatable bonds is 4. The third kappa shape index (κ3) is 2.94. The summed E-state index contributed by atoms with van der Waals surface area (Å²) in [5.74, 6) is -0.622. The molecular weight excluding hydrogens is 269 g/mol. The fourth-order valence-corrected chi connectivity index (χ4v) is 2.69. The summed E-state index contributed by atoms with van der Waals surface area (Å²) in [4.78, 5) is 2.76. The largest absolute Gasteiger partial charge is 0.363 e. The standard InChI is InChI=1S/C12H14FN3O2S/c1-8-2-3-11(13)12(4-8)16-19(17,18)10-5-9(6-14)15-7-10/h2-5,7,15-16H,6,14H2,1H3. The number of hydrogen-bond acceptors (Lipinski definition) is 3. The van der Waals surface area contributed by atoms with Gasteiger partial charge in [0.1, 0.15) is 10.7 Å². The molecule has 4 N–H and O–H groups in total. The van der Waals surface area contributed by atoms with E-state index < -0.39 is 15.8 Å². The molecule has 1 heterocycles. The van der Waals surface area contributed by atoms with Gasteiger partial charge in [-0.25, -0.2) is 12.8 Å². The van der Waals surface area contributed by atoms with Crippen LogP contribution in [0, 0.1) is 12.7 Å². The molecule has 5 nitrogen and oxygen atoms in total. The summed E-state index contributed by atoms with van der Waals surface area (Å²) in [5.41, 5.74) is 6.67. The lowest BCUT2D eigenvalue weighted by molar-refractivity contribution is 0.598. The van der Waals surface area contributed by atoms with Gasteiger partial charge in [0.15, 0.2) is 0 Å². The summed E-state index contributed by atoms with van der Waals surface area (Å²) in [6, 6.07) is 5.63. The molecule has 0 spiro atoms. The smallest absolute Gasteiger partial charge is 0.263 e. The first-order valence-corrected chi connectivity index (χ1v) is 7.07. The van der Waals surface area contributed by atoms with Crippen molar-refractivity contribution >= 4 is 15.7 Å². The summed E-state index contributed by atoms with van der Waals surface area (Å²) in [7, 11) is -3.82. The molecule has 1 aromatic carbocycles. The van der Waals surface area contributed by atoms with E-state index in [0.717, 1.165) is 5.56 Å². The van der Waals surface area contributed by atoms with Gasteiger partial charge < -0.3 is 10.7 Å². The molecular formula is C12H14FN3O2S. The molecule has 0 atom stereocenters. The molecule has 7 heteroatoms. The SMILES string of the molecule is Cc1ccc(F)c(NS(=O)(=O)c2c[nH]c(CN)c2)c1. The molecule has 0 amide bonds. The lowest BCUT2D eigenvalue weighted by Crippen LogP contribution is -2.13. The van der Waals surface area contributed by atoms with Crippen LogP contribution >= 0.6 is 0 Å². The number of aromatic nitrogens is 1. The molecule has 0 radical (unpaired) electrons. The Morgan fingerprint density at radius 2 is 2.11 bits per heavy atom. The summed E-state index contributed by atoms with van der Waals surface area (Å²) in [5, 5.41) is 0. The Labute approximate surface area is 110 Å². The Balaban J connectivity index is 2.33. The van der Waals surface area contributed by atoms with Gasteiger partial charge in [0.2, 0.25) is 0 Å². The minimum atomic E-state index is -3.82. The van der Waals surface area contributed by atoms with Crippen LogP contribution in [0.2, 0.25) is 0 Å². The molecule has 0 aliphatic heterocycles. The van der Waals surface area contributed by atoms with Gasteiger partial charge in [0, 0.05) is 18.4 Å². The number of sulfonamides is 1. The predicted molar refractivity (Wildman–Crippen MR) is 70.6 cm³/mol. The monoisotopic (exact) mass is 283 g/mol. The molecule has 0 aliphatic carbocycles. The Bertz CT molecular complexity index is 695. The van der Waals surface area contributed by atoms with Crippen LogP contribution in [0.3, 0.4) is 0 Å². The highest BCUT2D eigenvalue weighted by Gasteiger charge is 2.17. The molecule has 0 saturated heterocycles. The Hall–Kier alpha value is -1.86. The van der Waals surface area contributed by atoms with Crippen LogP contribution in [0.15, 0.2) is 35.4 Å². The molecule has 0 bridgehead atoms. The number of aromatic amines is 1. The van der Waals surface area contributed by atoms with Gasteiger partial charge in [-0.3, -0.25) is 4.72 Å². The van der Waals surface area contributed by atoms with Crippen LogP contribution in [0.4, 0.5) is 10.1 Å². The number of anilines is 1. The molecule has 19 heavy (non-hydrogen) atoms. The van der Waals surface area contributed by atoms with Crippen molar-refractivity contribution in [3.63, 3.8) is 0 Å². The van der Waals surface area contributed by atoms with Gasteiger partial charge >= 0.3 is 0 Å². The van der Waals surface area contributed by atoms with Gasteiger partial charge in [-0.2, -0.15) is 0 Å². The highest BCUT2D eigenvalue weighted by Crippen LogP contribution is 2.20. The van der Waals surface area contributed by atoms with E-state index >= 15 is 0 Å². The fraction of sp³-hybridized carbons (Fsp3) is 0.167. The van der Waals surface area contributed by atoms with Crippen LogP contribution in [0.1, 0.15) is 11.3 Å². The number of benzene rings is 1. The topological polar surface area (TPSA) is 88.0 Å². The fourth-order valence-electron chi connectivity index (χ4n) is 1.61. The minimum absolute atomic E-state index is 0.0221. The van der Waals surface area contributed by atoms with Crippen LogP contribution < -0.4 is 10.5 Å². The number of H-pyrrole nitrogens is 1. The number of halogens is 1. The summed E-state index contributed by atoms with van der Waals surface area (Å²) in [6.45, 7) is 1.95. The Morgan fingerprint density at radius 3 is 2.74 bits per heavy atom. The van der Waals surface area contributed by atoms with Crippen molar-refractivity contribution < 1.29 is 12.8 Å². The zero-order valence-corrected chi connectivity index (χ0v) is 11.1. The summed E-state index contributed by atoms with van der Waals surface area (Å²) < 4.78 is 39.9. The molecule has 102 valence electrons.